The van der Waals surface area contributed by atoms with Gasteiger partial charge in [0.2, 0.25) is 0 Å². The maximum absolute atomic E-state index is 10.1. The van der Waals surface area contributed by atoms with Gasteiger partial charge in [-0.3, -0.25) is 0 Å². The van der Waals surface area contributed by atoms with Crippen molar-refractivity contribution in [3.8, 4) is 0 Å². The molecule has 0 aromatic heterocycles. The number of aliphatic hydroxyl groups is 1. The lowest BCUT2D eigenvalue weighted by molar-refractivity contribution is -0.221. The minimum atomic E-state index is -0.497. The topological polar surface area (TPSA) is 47.9 Å². The van der Waals surface area contributed by atoms with E-state index in [1.807, 2.05) is 6.07 Å². The summed E-state index contributed by atoms with van der Waals surface area (Å²) in [7, 11) is 0. The summed E-state index contributed by atoms with van der Waals surface area (Å²) in [6, 6.07) is 10.4. The number of aryl methyl sites for hydroxylation is 1. The van der Waals surface area contributed by atoms with Crippen LogP contribution in [0.1, 0.15) is 31.2 Å². The van der Waals surface area contributed by atoms with Crippen molar-refractivity contribution in [3.05, 3.63) is 35.9 Å². The van der Waals surface area contributed by atoms with Crippen molar-refractivity contribution < 1.29 is 19.3 Å². The van der Waals surface area contributed by atoms with Crippen molar-refractivity contribution in [2.45, 2.75) is 50.1 Å². The predicted octanol–water partition coefficient (Wildman–Crippen LogP) is 2.29. The largest absolute Gasteiger partial charge is 0.390 e. The van der Waals surface area contributed by atoms with Crippen LogP contribution in [0.2, 0.25) is 0 Å². The van der Waals surface area contributed by atoms with E-state index in [0.29, 0.717) is 32.7 Å². The third kappa shape index (κ3) is 3.83. The van der Waals surface area contributed by atoms with E-state index in [1.54, 1.807) is 0 Å². The third-order valence-electron chi connectivity index (χ3n) is 4.36. The van der Waals surface area contributed by atoms with Crippen LogP contribution >= 0.6 is 0 Å². The summed E-state index contributed by atoms with van der Waals surface area (Å²) in [5.74, 6) is -0.497. The highest BCUT2D eigenvalue weighted by Crippen LogP contribution is 2.37. The fourth-order valence-corrected chi connectivity index (χ4v) is 3.18. The van der Waals surface area contributed by atoms with E-state index < -0.39 is 11.9 Å². The van der Waals surface area contributed by atoms with Crippen molar-refractivity contribution in [1.82, 2.24) is 0 Å². The summed E-state index contributed by atoms with van der Waals surface area (Å²) >= 11 is 0. The summed E-state index contributed by atoms with van der Waals surface area (Å²) in [4.78, 5) is 0. The molecule has 0 bridgehead atoms. The highest BCUT2D eigenvalue weighted by atomic mass is 16.7. The third-order valence-corrected chi connectivity index (χ3v) is 4.36. The molecule has 1 aliphatic heterocycles. The molecule has 0 amide bonds. The van der Waals surface area contributed by atoms with Gasteiger partial charge in [0.1, 0.15) is 0 Å². The van der Waals surface area contributed by atoms with E-state index in [4.69, 9.17) is 14.2 Å². The molecule has 1 spiro atoms. The SMILES string of the molecule is OC1CCC2(CC1OCCCc1ccccc1)OCCO2. The molecule has 1 aromatic rings. The van der Waals surface area contributed by atoms with Gasteiger partial charge in [0.25, 0.3) is 0 Å². The molecular formula is C17H24O4. The van der Waals surface area contributed by atoms with Crippen LogP contribution < -0.4 is 0 Å². The van der Waals surface area contributed by atoms with Crippen LogP contribution in [0.3, 0.4) is 0 Å². The molecule has 1 N–H and O–H groups in total. The monoisotopic (exact) mass is 292 g/mol. The first-order valence-corrected chi connectivity index (χ1v) is 7.89. The van der Waals surface area contributed by atoms with Crippen molar-refractivity contribution in [3.63, 3.8) is 0 Å². The summed E-state index contributed by atoms with van der Waals surface area (Å²) in [6.45, 7) is 1.96. The van der Waals surface area contributed by atoms with Gasteiger partial charge in [-0.15, -0.1) is 0 Å². The highest BCUT2D eigenvalue weighted by Gasteiger charge is 2.45. The molecule has 4 heteroatoms. The fourth-order valence-electron chi connectivity index (χ4n) is 3.18. The normalized spacial score (nSPS) is 28.0. The lowest BCUT2D eigenvalue weighted by atomic mass is 9.89. The van der Waals surface area contributed by atoms with Gasteiger partial charge in [-0.2, -0.15) is 0 Å². The van der Waals surface area contributed by atoms with Crippen LogP contribution in [-0.4, -0.2) is 42.9 Å². The van der Waals surface area contributed by atoms with Gasteiger partial charge in [0, 0.05) is 19.4 Å². The molecule has 2 aliphatic rings. The standard InChI is InChI=1S/C17H24O4/c18-15-8-9-17(20-11-12-21-17)13-16(15)19-10-4-7-14-5-2-1-3-6-14/h1-3,5-6,15-16,18H,4,7-13H2. The molecule has 3 rings (SSSR count). The summed E-state index contributed by atoms with van der Waals surface area (Å²) < 4.78 is 17.3. The Morgan fingerprint density at radius 1 is 1.19 bits per heavy atom. The average molecular weight is 292 g/mol. The second kappa shape index (κ2) is 6.88. The Morgan fingerprint density at radius 3 is 2.71 bits per heavy atom. The van der Waals surface area contributed by atoms with Gasteiger partial charge < -0.3 is 19.3 Å². The molecule has 0 radical (unpaired) electrons. The Morgan fingerprint density at radius 2 is 1.95 bits per heavy atom. The smallest absolute Gasteiger partial charge is 0.171 e. The first kappa shape index (κ1) is 15.0. The van der Waals surface area contributed by atoms with Gasteiger partial charge in [0.05, 0.1) is 25.4 Å². The molecule has 1 aliphatic carbocycles. The van der Waals surface area contributed by atoms with Crippen molar-refractivity contribution in [1.29, 1.82) is 0 Å². The number of ether oxygens (including phenoxy) is 3. The number of aliphatic hydroxyl groups excluding tert-OH is 1. The first-order chi connectivity index (χ1) is 10.3. The zero-order valence-electron chi connectivity index (χ0n) is 12.4. The van der Waals surface area contributed by atoms with Crippen molar-refractivity contribution in [2.75, 3.05) is 19.8 Å². The van der Waals surface area contributed by atoms with Gasteiger partial charge in [-0.1, -0.05) is 30.3 Å². The maximum Gasteiger partial charge on any atom is 0.171 e. The zero-order chi connectivity index (χ0) is 14.5. The molecule has 1 heterocycles. The molecule has 21 heavy (non-hydrogen) atoms. The lowest BCUT2D eigenvalue weighted by Gasteiger charge is -2.38. The molecule has 1 saturated carbocycles. The van der Waals surface area contributed by atoms with Gasteiger partial charge >= 0.3 is 0 Å². The molecule has 4 nitrogen and oxygen atoms in total. The van der Waals surface area contributed by atoms with E-state index in [1.165, 1.54) is 5.56 Å². The maximum atomic E-state index is 10.1. The highest BCUT2D eigenvalue weighted by molar-refractivity contribution is 5.14. The molecule has 1 aromatic carbocycles. The van der Waals surface area contributed by atoms with E-state index in [2.05, 4.69) is 24.3 Å². The summed E-state index contributed by atoms with van der Waals surface area (Å²) in [5.41, 5.74) is 1.32. The van der Waals surface area contributed by atoms with E-state index in [9.17, 15) is 5.11 Å². The number of hydrogen-bond acceptors (Lipinski definition) is 4. The van der Waals surface area contributed by atoms with Crippen LogP contribution in [0.5, 0.6) is 0 Å². The fraction of sp³-hybridized carbons (Fsp3) is 0.647. The minimum absolute atomic E-state index is 0.173. The van der Waals surface area contributed by atoms with Crippen LogP contribution in [0, 0.1) is 0 Å². The van der Waals surface area contributed by atoms with Crippen LogP contribution in [0.4, 0.5) is 0 Å². The molecule has 2 fully saturated rings. The van der Waals surface area contributed by atoms with Gasteiger partial charge in [-0.05, 0) is 24.8 Å². The van der Waals surface area contributed by atoms with Gasteiger partial charge in [-0.25, -0.2) is 0 Å². The predicted molar refractivity (Wildman–Crippen MR) is 79.0 cm³/mol. The Hall–Kier alpha value is -0.940. The summed E-state index contributed by atoms with van der Waals surface area (Å²) in [5, 5.41) is 10.1. The summed E-state index contributed by atoms with van der Waals surface area (Å²) in [6.07, 6.45) is 3.47. The first-order valence-electron chi connectivity index (χ1n) is 7.89. The minimum Gasteiger partial charge on any atom is -0.390 e. The molecule has 2 atom stereocenters. The average Bonchev–Trinajstić information content (AvgIpc) is 2.97. The van der Waals surface area contributed by atoms with Crippen molar-refractivity contribution >= 4 is 0 Å². The van der Waals surface area contributed by atoms with E-state index in [-0.39, 0.29) is 6.10 Å². The molecule has 2 unspecified atom stereocenters. The van der Waals surface area contributed by atoms with Crippen LogP contribution in [0.15, 0.2) is 30.3 Å². The van der Waals surface area contributed by atoms with Crippen LogP contribution in [0.25, 0.3) is 0 Å². The number of benzene rings is 1. The zero-order valence-corrected chi connectivity index (χ0v) is 12.4. The number of rotatable bonds is 5. The van der Waals surface area contributed by atoms with Crippen LogP contribution in [-0.2, 0) is 20.6 Å². The van der Waals surface area contributed by atoms with Gasteiger partial charge in [0.15, 0.2) is 5.79 Å². The Bertz CT molecular complexity index is 428. The lowest BCUT2D eigenvalue weighted by Crippen LogP contribution is -2.46. The number of hydrogen-bond donors (Lipinski definition) is 1. The second-order valence-corrected chi connectivity index (χ2v) is 5.92. The van der Waals surface area contributed by atoms with Crippen molar-refractivity contribution in [2.24, 2.45) is 0 Å². The van der Waals surface area contributed by atoms with E-state index >= 15 is 0 Å². The molecule has 116 valence electrons. The molecule has 1 saturated heterocycles. The quantitative estimate of drug-likeness (QED) is 0.846. The molecular weight excluding hydrogens is 268 g/mol. The Kier molecular flexibility index (Phi) is 4.91. The Labute approximate surface area is 126 Å². The second-order valence-electron chi connectivity index (χ2n) is 5.92. The van der Waals surface area contributed by atoms with E-state index in [0.717, 1.165) is 19.3 Å². The Balaban J connectivity index is 1.43.